The molecule has 2 unspecified atom stereocenters. The lowest BCUT2D eigenvalue weighted by molar-refractivity contribution is -0.138. The summed E-state index contributed by atoms with van der Waals surface area (Å²) in [6.07, 6.45) is 3.33. The van der Waals surface area contributed by atoms with Gasteiger partial charge in [-0.3, -0.25) is 14.5 Å². The summed E-state index contributed by atoms with van der Waals surface area (Å²) in [4.78, 5) is 24.4. The molecule has 0 aliphatic carbocycles. The first-order valence-electron chi connectivity index (χ1n) is 6.96. The molecule has 1 amide bonds. The third-order valence-corrected chi connectivity index (χ3v) is 3.75. The van der Waals surface area contributed by atoms with Crippen LogP contribution in [0.15, 0.2) is 0 Å². The van der Waals surface area contributed by atoms with Crippen molar-refractivity contribution in [2.75, 3.05) is 32.8 Å². The van der Waals surface area contributed by atoms with E-state index >= 15 is 0 Å². The van der Waals surface area contributed by atoms with Gasteiger partial charge in [-0.2, -0.15) is 0 Å². The summed E-state index contributed by atoms with van der Waals surface area (Å²) < 4.78 is 5.44. The Morgan fingerprint density at radius 3 is 2.89 bits per heavy atom. The maximum absolute atomic E-state index is 11.8. The fraction of sp³-hybridized carbons (Fsp3) is 0.846. The number of rotatable bonds is 6. The molecule has 2 aliphatic rings. The van der Waals surface area contributed by atoms with Gasteiger partial charge in [0.15, 0.2) is 0 Å². The van der Waals surface area contributed by atoms with Crippen molar-refractivity contribution in [2.45, 2.75) is 31.8 Å². The maximum Gasteiger partial charge on any atom is 0.303 e. The first kappa shape index (κ1) is 14.3. The van der Waals surface area contributed by atoms with E-state index in [2.05, 4.69) is 5.32 Å². The van der Waals surface area contributed by atoms with Crippen LogP contribution in [0, 0.1) is 5.92 Å². The fourth-order valence-electron chi connectivity index (χ4n) is 2.76. The summed E-state index contributed by atoms with van der Waals surface area (Å²) in [5.41, 5.74) is 0. The number of hydrogen-bond donors (Lipinski definition) is 2. The summed E-state index contributed by atoms with van der Waals surface area (Å²) >= 11 is 0. The predicted molar refractivity (Wildman–Crippen MR) is 68.8 cm³/mol. The Bertz CT molecular complexity index is 329. The number of carbonyl (C=O) groups excluding carboxylic acids is 1. The fourth-order valence-corrected chi connectivity index (χ4v) is 2.76. The molecule has 0 saturated carbocycles. The van der Waals surface area contributed by atoms with Crippen LogP contribution in [0.2, 0.25) is 0 Å². The molecule has 2 rings (SSSR count). The molecule has 0 aromatic carbocycles. The topological polar surface area (TPSA) is 78.9 Å². The molecule has 2 saturated heterocycles. The molecule has 0 aromatic heterocycles. The van der Waals surface area contributed by atoms with Gasteiger partial charge in [-0.05, 0) is 31.7 Å². The van der Waals surface area contributed by atoms with E-state index in [4.69, 9.17) is 9.84 Å². The largest absolute Gasteiger partial charge is 0.481 e. The number of ether oxygens (including phenoxy) is 1. The molecule has 0 bridgehead atoms. The number of amides is 1. The molecule has 2 fully saturated rings. The second kappa shape index (κ2) is 6.86. The summed E-state index contributed by atoms with van der Waals surface area (Å²) in [5.74, 6) is -0.565. The lowest BCUT2D eigenvalue weighted by Gasteiger charge is -2.16. The van der Waals surface area contributed by atoms with E-state index in [-0.39, 0.29) is 24.3 Å². The Balaban J connectivity index is 1.61. The van der Waals surface area contributed by atoms with E-state index < -0.39 is 5.97 Å². The summed E-state index contributed by atoms with van der Waals surface area (Å²) in [5, 5.41) is 11.6. The summed E-state index contributed by atoms with van der Waals surface area (Å²) in [6.45, 7) is 3.27. The van der Waals surface area contributed by atoms with Crippen LogP contribution in [0.25, 0.3) is 0 Å². The zero-order valence-electron chi connectivity index (χ0n) is 11.1. The van der Waals surface area contributed by atoms with Gasteiger partial charge in [-0.1, -0.05) is 0 Å². The second-order valence-electron chi connectivity index (χ2n) is 5.43. The number of hydrogen-bond acceptors (Lipinski definition) is 4. The van der Waals surface area contributed by atoms with E-state index in [0.29, 0.717) is 19.6 Å². The van der Waals surface area contributed by atoms with E-state index in [1.54, 1.807) is 0 Å². The second-order valence-corrected chi connectivity index (χ2v) is 5.43. The Kier molecular flexibility index (Phi) is 5.15. The molecule has 0 aromatic rings. The molecule has 2 aliphatic heterocycles. The highest BCUT2D eigenvalue weighted by molar-refractivity contribution is 5.78. The Labute approximate surface area is 113 Å². The monoisotopic (exact) mass is 270 g/mol. The van der Waals surface area contributed by atoms with E-state index in [0.717, 1.165) is 32.4 Å². The molecule has 2 N–H and O–H groups in total. The van der Waals surface area contributed by atoms with Crippen LogP contribution in [-0.2, 0) is 14.3 Å². The average molecular weight is 270 g/mol. The zero-order chi connectivity index (χ0) is 13.7. The normalized spacial score (nSPS) is 27.6. The molecule has 0 radical (unpaired) electrons. The minimum absolute atomic E-state index is 0.00600. The van der Waals surface area contributed by atoms with Gasteiger partial charge in [0.05, 0.1) is 12.6 Å². The Hall–Kier alpha value is -1.14. The van der Waals surface area contributed by atoms with Crippen molar-refractivity contribution in [2.24, 2.45) is 5.92 Å². The van der Waals surface area contributed by atoms with E-state index in [9.17, 15) is 9.59 Å². The number of aliphatic carboxylic acids is 1. The molecule has 2 atom stereocenters. The Morgan fingerprint density at radius 2 is 2.21 bits per heavy atom. The van der Waals surface area contributed by atoms with Gasteiger partial charge in [0.25, 0.3) is 0 Å². The highest BCUT2D eigenvalue weighted by Gasteiger charge is 2.26. The van der Waals surface area contributed by atoms with Crippen molar-refractivity contribution in [3.63, 3.8) is 0 Å². The standard InChI is InChI=1S/C13H22N2O4/c16-12(14-7-11-2-1-5-19-11)9-15-4-3-10(8-15)6-13(17)18/h10-11H,1-9H2,(H,14,16)(H,17,18). The van der Waals surface area contributed by atoms with Crippen molar-refractivity contribution in [3.8, 4) is 0 Å². The van der Waals surface area contributed by atoms with Gasteiger partial charge in [-0.25, -0.2) is 0 Å². The molecular formula is C13H22N2O4. The molecule has 19 heavy (non-hydrogen) atoms. The number of nitrogens with zero attached hydrogens (tertiary/aromatic N) is 1. The third kappa shape index (κ3) is 4.80. The van der Waals surface area contributed by atoms with Crippen LogP contribution in [-0.4, -0.2) is 60.8 Å². The third-order valence-electron chi connectivity index (χ3n) is 3.75. The minimum Gasteiger partial charge on any atom is -0.481 e. The van der Waals surface area contributed by atoms with Crippen molar-refractivity contribution in [3.05, 3.63) is 0 Å². The van der Waals surface area contributed by atoms with Crippen molar-refractivity contribution in [1.29, 1.82) is 0 Å². The highest BCUT2D eigenvalue weighted by Crippen LogP contribution is 2.19. The highest BCUT2D eigenvalue weighted by atomic mass is 16.5. The van der Waals surface area contributed by atoms with Gasteiger partial charge < -0.3 is 15.2 Å². The molecule has 2 heterocycles. The van der Waals surface area contributed by atoms with Crippen molar-refractivity contribution < 1.29 is 19.4 Å². The quantitative estimate of drug-likeness (QED) is 0.714. The maximum atomic E-state index is 11.8. The summed E-state index contributed by atoms with van der Waals surface area (Å²) in [7, 11) is 0. The Morgan fingerprint density at radius 1 is 1.37 bits per heavy atom. The van der Waals surface area contributed by atoms with Gasteiger partial charge >= 0.3 is 5.97 Å². The van der Waals surface area contributed by atoms with E-state index in [1.165, 1.54) is 0 Å². The smallest absolute Gasteiger partial charge is 0.303 e. The molecule has 108 valence electrons. The predicted octanol–water partition coefficient (Wildman–Crippen LogP) is 0.0782. The van der Waals surface area contributed by atoms with Crippen LogP contribution in [0.5, 0.6) is 0 Å². The number of carboxylic acid groups (broad SMARTS) is 1. The number of carbonyl (C=O) groups is 2. The van der Waals surface area contributed by atoms with Gasteiger partial charge in [0.2, 0.25) is 5.91 Å². The van der Waals surface area contributed by atoms with Crippen LogP contribution < -0.4 is 5.32 Å². The number of likely N-dealkylation sites (tertiary alicyclic amines) is 1. The zero-order valence-corrected chi connectivity index (χ0v) is 11.1. The average Bonchev–Trinajstić information content (AvgIpc) is 2.97. The van der Waals surface area contributed by atoms with Crippen LogP contribution in [0.1, 0.15) is 25.7 Å². The lowest BCUT2D eigenvalue weighted by atomic mass is 10.1. The van der Waals surface area contributed by atoms with Crippen LogP contribution in [0.4, 0.5) is 0 Å². The SMILES string of the molecule is O=C(O)CC1CCN(CC(=O)NCC2CCCO2)C1. The summed E-state index contributed by atoms with van der Waals surface area (Å²) in [6, 6.07) is 0. The van der Waals surface area contributed by atoms with Crippen LogP contribution in [0.3, 0.4) is 0 Å². The van der Waals surface area contributed by atoms with E-state index in [1.807, 2.05) is 4.90 Å². The van der Waals surface area contributed by atoms with Gasteiger partial charge in [0, 0.05) is 26.1 Å². The molecule has 0 spiro atoms. The molecule has 6 heteroatoms. The van der Waals surface area contributed by atoms with Crippen LogP contribution >= 0.6 is 0 Å². The first-order chi connectivity index (χ1) is 9.13. The van der Waals surface area contributed by atoms with Crippen molar-refractivity contribution in [1.82, 2.24) is 10.2 Å². The lowest BCUT2D eigenvalue weighted by Crippen LogP contribution is -2.39. The van der Waals surface area contributed by atoms with Gasteiger partial charge in [-0.15, -0.1) is 0 Å². The number of nitrogens with one attached hydrogen (secondary N) is 1. The van der Waals surface area contributed by atoms with Crippen molar-refractivity contribution >= 4 is 11.9 Å². The minimum atomic E-state index is -0.755. The number of carboxylic acids is 1. The first-order valence-corrected chi connectivity index (χ1v) is 6.96. The van der Waals surface area contributed by atoms with Gasteiger partial charge in [0.1, 0.15) is 0 Å². The molecule has 6 nitrogen and oxygen atoms in total. The molecular weight excluding hydrogens is 248 g/mol.